The van der Waals surface area contributed by atoms with Crippen molar-refractivity contribution in [2.24, 2.45) is 5.92 Å². The predicted molar refractivity (Wildman–Crippen MR) is 108 cm³/mol. The maximum absolute atomic E-state index is 12.5. The molecule has 0 bridgehead atoms. The molecule has 3 amide bonds. The highest BCUT2D eigenvalue weighted by Crippen LogP contribution is 2.26. The Balaban J connectivity index is 1.53. The number of benzene rings is 1. The molecule has 0 aliphatic carbocycles. The van der Waals surface area contributed by atoms with Gasteiger partial charge in [0.2, 0.25) is 5.91 Å². The molecule has 3 rings (SSSR count). The Morgan fingerprint density at radius 3 is 2.67 bits per heavy atom. The molecule has 1 fully saturated rings. The van der Waals surface area contributed by atoms with Gasteiger partial charge in [0, 0.05) is 55.6 Å². The van der Waals surface area contributed by atoms with E-state index in [1.807, 2.05) is 24.3 Å². The van der Waals surface area contributed by atoms with E-state index < -0.39 is 0 Å². The van der Waals surface area contributed by atoms with Gasteiger partial charge in [-0.3, -0.25) is 4.79 Å². The zero-order valence-electron chi connectivity index (χ0n) is 15.4. The van der Waals surface area contributed by atoms with Crippen molar-refractivity contribution in [3.63, 3.8) is 0 Å². The second kappa shape index (κ2) is 8.71. The number of rotatable bonds is 4. The van der Waals surface area contributed by atoms with E-state index in [-0.39, 0.29) is 17.9 Å². The standard InChI is InChI=1S/C19H23ClN4O2S/c1-23(2)19(26)24-9-7-13(8-10-24)17(25)22-18-21-12-15(27-18)11-14-5-3-4-6-16(14)20/h3-6,12-13H,7-11H2,1-2H3,(H,21,22,25). The Morgan fingerprint density at radius 1 is 1.30 bits per heavy atom. The summed E-state index contributed by atoms with van der Waals surface area (Å²) >= 11 is 7.67. The number of piperidine rings is 1. The Kier molecular flexibility index (Phi) is 6.34. The fourth-order valence-electron chi connectivity index (χ4n) is 3.10. The quantitative estimate of drug-likeness (QED) is 0.841. The van der Waals surface area contributed by atoms with Gasteiger partial charge < -0.3 is 15.1 Å². The molecule has 2 aromatic rings. The first-order valence-electron chi connectivity index (χ1n) is 8.89. The van der Waals surface area contributed by atoms with E-state index in [9.17, 15) is 9.59 Å². The number of amides is 3. The van der Waals surface area contributed by atoms with Crippen molar-refractivity contribution in [2.45, 2.75) is 19.3 Å². The molecule has 2 heterocycles. The van der Waals surface area contributed by atoms with E-state index in [4.69, 9.17) is 11.6 Å². The summed E-state index contributed by atoms with van der Waals surface area (Å²) in [6, 6.07) is 7.72. The summed E-state index contributed by atoms with van der Waals surface area (Å²) in [5.74, 6) is -0.113. The first-order valence-corrected chi connectivity index (χ1v) is 10.1. The zero-order chi connectivity index (χ0) is 19.4. The first kappa shape index (κ1) is 19.6. The monoisotopic (exact) mass is 406 g/mol. The first-order chi connectivity index (χ1) is 12.9. The van der Waals surface area contributed by atoms with Crippen molar-refractivity contribution in [1.82, 2.24) is 14.8 Å². The number of hydrogen-bond acceptors (Lipinski definition) is 4. The lowest BCUT2D eigenvalue weighted by atomic mass is 9.96. The van der Waals surface area contributed by atoms with E-state index in [1.165, 1.54) is 11.3 Å². The third-order valence-electron chi connectivity index (χ3n) is 4.63. The van der Waals surface area contributed by atoms with Crippen LogP contribution in [0.15, 0.2) is 30.5 Å². The molecule has 0 atom stereocenters. The third-order valence-corrected chi connectivity index (χ3v) is 5.91. The number of urea groups is 1. The van der Waals surface area contributed by atoms with E-state index in [0.717, 1.165) is 15.5 Å². The summed E-state index contributed by atoms with van der Waals surface area (Å²) in [6.07, 6.45) is 3.81. The smallest absolute Gasteiger partial charge is 0.319 e. The molecule has 27 heavy (non-hydrogen) atoms. The molecule has 1 saturated heterocycles. The average molecular weight is 407 g/mol. The summed E-state index contributed by atoms with van der Waals surface area (Å²) in [5, 5.41) is 4.26. The molecule has 8 heteroatoms. The van der Waals surface area contributed by atoms with Crippen molar-refractivity contribution in [3.8, 4) is 0 Å². The van der Waals surface area contributed by atoms with E-state index >= 15 is 0 Å². The van der Waals surface area contributed by atoms with Crippen molar-refractivity contribution in [2.75, 3.05) is 32.5 Å². The number of thiazole rings is 1. The van der Waals surface area contributed by atoms with Crippen LogP contribution in [0.4, 0.5) is 9.93 Å². The maximum atomic E-state index is 12.5. The van der Waals surface area contributed by atoms with Gasteiger partial charge in [0.1, 0.15) is 0 Å². The number of aromatic nitrogens is 1. The van der Waals surface area contributed by atoms with Crippen molar-refractivity contribution in [3.05, 3.63) is 45.9 Å². The minimum absolute atomic E-state index is 0.00186. The van der Waals surface area contributed by atoms with Crippen LogP contribution in [0.2, 0.25) is 5.02 Å². The Morgan fingerprint density at radius 2 is 2.00 bits per heavy atom. The van der Waals surface area contributed by atoms with Crippen LogP contribution < -0.4 is 5.32 Å². The van der Waals surface area contributed by atoms with Crippen LogP contribution in [0.3, 0.4) is 0 Å². The fraction of sp³-hybridized carbons (Fsp3) is 0.421. The lowest BCUT2D eigenvalue weighted by Crippen LogP contribution is -2.45. The summed E-state index contributed by atoms with van der Waals surface area (Å²) in [7, 11) is 3.48. The van der Waals surface area contributed by atoms with Gasteiger partial charge in [-0.2, -0.15) is 0 Å². The van der Waals surface area contributed by atoms with E-state index in [2.05, 4.69) is 10.3 Å². The molecule has 1 aromatic carbocycles. The van der Waals surface area contributed by atoms with Crippen LogP contribution in [0.25, 0.3) is 0 Å². The second-order valence-electron chi connectivity index (χ2n) is 6.83. The van der Waals surface area contributed by atoms with Gasteiger partial charge in [0.05, 0.1) is 0 Å². The molecule has 0 saturated carbocycles. The van der Waals surface area contributed by atoms with Crippen LogP contribution in [-0.4, -0.2) is 53.9 Å². The highest BCUT2D eigenvalue weighted by atomic mass is 35.5. The van der Waals surface area contributed by atoms with Gasteiger partial charge in [-0.1, -0.05) is 29.8 Å². The number of halogens is 1. The van der Waals surface area contributed by atoms with Gasteiger partial charge in [0.25, 0.3) is 0 Å². The molecular weight excluding hydrogens is 384 g/mol. The number of nitrogens with one attached hydrogen (secondary N) is 1. The molecule has 6 nitrogen and oxygen atoms in total. The number of carbonyl (C=O) groups excluding carboxylic acids is 2. The molecule has 0 unspecified atom stereocenters. The number of nitrogens with zero attached hydrogens (tertiary/aromatic N) is 3. The van der Waals surface area contributed by atoms with Crippen LogP contribution in [-0.2, 0) is 11.2 Å². The van der Waals surface area contributed by atoms with Crippen molar-refractivity contribution >= 4 is 40.0 Å². The lowest BCUT2D eigenvalue weighted by Gasteiger charge is -2.32. The lowest BCUT2D eigenvalue weighted by molar-refractivity contribution is -0.121. The molecule has 0 spiro atoms. The molecule has 144 valence electrons. The Bertz CT molecular complexity index is 816. The minimum atomic E-state index is -0.0906. The van der Waals surface area contributed by atoms with Gasteiger partial charge in [-0.15, -0.1) is 11.3 Å². The van der Waals surface area contributed by atoms with Gasteiger partial charge >= 0.3 is 6.03 Å². The van der Waals surface area contributed by atoms with Crippen LogP contribution in [0, 0.1) is 5.92 Å². The zero-order valence-corrected chi connectivity index (χ0v) is 17.0. The van der Waals surface area contributed by atoms with Crippen LogP contribution in [0.1, 0.15) is 23.3 Å². The number of hydrogen-bond donors (Lipinski definition) is 1. The van der Waals surface area contributed by atoms with Gasteiger partial charge in [-0.05, 0) is 24.5 Å². The summed E-state index contributed by atoms with van der Waals surface area (Å²) in [5.41, 5.74) is 1.04. The molecule has 1 aromatic heterocycles. The van der Waals surface area contributed by atoms with Crippen molar-refractivity contribution in [1.29, 1.82) is 0 Å². The average Bonchev–Trinajstić information content (AvgIpc) is 3.10. The van der Waals surface area contributed by atoms with Crippen LogP contribution >= 0.6 is 22.9 Å². The van der Waals surface area contributed by atoms with Crippen molar-refractivity contribution < 1.29 is 9.59 Å². The van der Waals surface area contributed by atoms with Crippen LogP contribution in [0.5, 0.6) is 0 Å². The molecule has 1 N–H and O–H groups in total. The molecule has 1 aliphatic rings. The molecular formula is C19H23ClN4O2S. The minimum Gasteiger partial charge on any atom is -0.331 e. The summed E-state index contributed by atoms with van der Waals surface area (Å²) in [6.45, 7) is 1.20. The summed E-state index contributed by atoms with van der Waals surface area (Å²) < 4.78 is 0. The van der Waals surface area contributed by atoms with E-state index in [0.29, 0.717) is 37.5 Å². The Labute approximate surface area is 168 Å². The number of carbonyl (C=O) groups is 2. The second-order valence-corrected chi connectivity index (χ2v) is 8.35. The highest BCUT2D eigenvalue weighted by Gasteiger charge is 2.28. The SMILES string of the molecule is CN(C)C(=O)N1CCC(C(=O)Nc2ncc(Cc3ccccc3Cl)s2)CC1. The predicted octanol–water partition coefficient (Wildman–Crippen LogP) is 3.72. The van der Waals surface area contributed by atoms with Gasteiger partial charge in [-0.25, -0.2) is 9.78 Å². The third kappa shape index (κ3) is 4.99. The summed E-state index contributed by atoms with van der Waals surface area (Å²) in [4.78, 5) is 33.2. The number of anilines is 1. The van der Waals surface area contributed by atoms with E-state index in [1.54, 1.807) is 30.1 Å². The Hall–Kier alpha value is -2.12. The van der Waals surface area contributed by atoms with Gasteiger partial charge in [0.15, 0.2) is 5.13 Å². The normalized spacial score (nSPS) is 14.9. The molecule has 1 aliphatic heterocycles. The maximum Gasteiger partial charge on any atom is 0.319 e. The largest absolute Gasteiger partial charge is 0.331 e. The number of likely N-dealkylation sites (tertiary alicyclic amines) is 1. The highest BCUT2D eigenvalue weighted by molar-refractivity contribution is 7.15. The fourth-order valence-corrected chi connectivity index (χ4v) is 4.14. The topological polar surface area (TPSA) is 65.5 Å². The molecule has 0 radical (unpaired) electrons.